The molecule has 0 aliphatic heterocycles. The van der Waals surface area contributed by atoms with Crippen LogP contribution >= 0.6 is 12.4 Å². The molecular weight excluding hydrogens is 1510 g/mol. The molecule has 0 saturated heterocycles. The second-order valence-electron chi connectivity index (χ2n) is 27.4. The molecule has 0 aliphatic rings. The van der Waals surface area contributed by atoms with Crippen LogP contribution in [0, 0.1) is 0 Å². The summed E-state index contributed by atoms with van der Waals surface area (Å²) in [5, 5.41) is 19.7. The predicted molar refractivity (Wildman–Crippen MR) is 438 cm³/mol. The highest BCUT2D eigenvalue weighted by Crippen LogP contribution is 2.13. The van der Waals surface area contributed by atoms with E-state index < -0.39 is 53.6 Å². The van der Waals surface area contributed by atoms with Crippen molar-refractivity contribution >= 4 is 66.5 Å². The molecule has 0 bridgehead atoms. The number of amides is 4. The Balaban J connectivity index is 0.00000171. The molecule has 0 aliphatic carbocycles. The van der Waals surface area contributed by atoms with Crippen molar-refractivity contribution in [3.8, 4) is 0 Å². The number of hydrogen-bond donors (Lipinski definition) is 6. The van der Waals surface area contributed by atoms with Gasteiger partial charge in [0, 0.05) is 39.2 Å². The standard InChI is InChI=1S/C38H56N2O11.C22H26N2O6.C15H31NO6.C8H17N3.ClH/c1-38(2,3)51-35(42)19-22-46-24-26-48-28-27-47-25-23-45-21-12-18-34(41)33(40-37(44)50-30-32-15-8-5-9-16-32)17-10-11-20-39-36(43)49-29-31-13-6-4-7-14-31;25-20(26)19(24-22(28)30-16-18-11-5-2-6-12-18)13-7-8-14-23-21(27)29-15-17-9-3-1-4-10-17;1-15(2,3)22-14(17)4-6-18-8-10-20-12-13-21-11-9-19-7-5-16;1-4-9-8-10-6-5-7-11(2)3;/h4-9,13-16,33H,10-12,17-30H2,1-3H3,(H,39,43)(H,40,44);1-6,9-12,19H,7-8,13-16H2,(H,23,27)(H,24,28)(H,25,26);4-13,16H2,1-3H3;4-7H2,1-3H3;1H/t33-;19-;;;/m00.../s1. The van der Waals surface area contributed by atoms with Gasteiger partial charge < -0.3 is 103 Å². The molecule has 7 N–H and O–H groups in total. The molecule has 4 aromatic carbocycles. The van der Waals surface area contributed by atoms with Gasteiger partial charge in [-0.05, 0) is 143 Å². The zero-order valence-electron chi connectivity index (χ0n) is 69.1. The quantitative estimate of drug-likeness (QED) is 0.0103. The van der Waals surface area contributed by atoms with Crippen molar-refractivity contribution < 1.29 is 110 Å². The molecule has 2 atom stereocenters. The Hall–Kier alpha value is -8.69. The third-order valence-corrected chi connectivity index (χ3v) is 14.6. The molecule has 0 spiro atoms. The SMILES string of the molecule is CC(C)(C)OC(=O)CCOCCOCCOCCOCCCC(=O)[C@H](CCCCNC(=O)OCc1ccccc1)NC(=O)OCc1ccccc1.CC(C)(C)OC(=O)CCOCCOCCOCCOCCN.CCN=C=NCCCN(C)C.Cl.O=C(NCCCC[C@H](NC(=O)OCc1ccccc1)C(=O)O)OCc1ccccc1. The van der Waals surface area contributed by atoms with Crippen LogP contribution in [0.5, 0.6) is 0 Å². The minimum absolute atomic E-state index is 0. The number of nitrogens with zero attached hydrogens (tertiary/aromatic N) is 3. The fraction of sp³-hybridized carbons (Fsp3) is 0.602. The molecule has 32 heteroatoms. The van der Waals surface area contributed by atoms with Crippen LogP contribution in [0.2, 0.25) is 0 Å². The van der Waals surface area contributed by atoms with Crippen LogP contribution in [0.25, 0.3) is 0 Å². The van der Waals surface area contributed by atoms with Crippen LogP contribution < -0.4 is 27.0 Å². The Morgan fingerprint density at radius 2 is 0.757 bits per heavy atom. The summed E-state index contributed by atoms with van der Waals surface area (Å²) in [5.41, 5.74) is 7.77. The van der Waals surface area contributed by atoms with Gasteiger partial charge in [0.15, 0.2) is 5.78 Å². The number of halogens is 1. The van der Waals surface area contributed by atoms with E-state index in [1.54, 1.807) is 12.1 Å². The van der Waals surface area contributed by atoms with Crippen molar-refractivity contribution in [3.05, 3.63) is 144 Å². The van der Waals surface area contributed by atoms with E-state index >= 15 is 0 Å². The highest BCUT2D eigenvalue weighted by molar-refractivity contribution is 5.87. The number of carboxylic acid groups (broad SMARTS) is 1. The van der Waals surface area contributed by atoms with Crippen LogP contribution in [0.1, 0.15) is 141 Å². The number of Topliss-reactive ketones (excluding diaryl/α,β-unsaturated/α-hetero) is 1. The first-order chi connectivity index (χ1) is 54.9. The van der Waals surface area contributed by atoms with E-state index in [-0.39, 0.29) is 88.8 Å². The van der Waals surface area contributed by atoms with Crippen molar-refractivity contribution in [2.24, 2.45) is 15.7 Å². The van der Waals surface area contributed by atoms with Gasteiger partial charge in [-0.15, -0.1) is 12.4 Å². The third-order valence-electron chi connectivity index (χ3n) is 14.6. The lowest BCUT2D eigenvalue weighted by molar-refractivity contribution is -0.157. The van der Waals surface area contributed by atoms with Gasteiger partial charge in [-0.2, -0.15) is 0 Å². The fourth-order valence-corrected chi connectivity index (χ4v) is 9.12. The lowest BCUT2D eigenvalue weighted by Gasteiger charge is -2.19. The van der Waals surface area contributed by atoms with Gasteiger partial charge in [0.2, 0.25) is 0 Å². The molecule has 4 amide bonds. The lowest BCUT2D eigenvalue weighted by Crippen LogP contribution is -2.41. The van der Waals surface area contributed by atoms with Crippen molar-refractivity contribution in [1.29, 1.82) is 0 Å². The van der Waals surface area contributed by atoms with E-state index in [1.807, 2.05) is 158 Å². The molecule has 115 heavy (non-hydrogen) atoms. The maximum absolute atomic E-state index is 13.1. The van der Waals surface area contributed by atoms with Gasteiger partial charge in [0.05, 0.1) is 131 Å². The minimum atomic E-state index is -1.14. The van der Waals surface area contributed by atoms with Crippen molar-refractivity contribution in [1.82, 2.24) is 26.2 Å². The average Bonchev–Trinajstić information content (AvgIpc) is 0.916. The van der Waals surface area contributed by atoms with Crippen LogP contribution in [-0.2, 0) is 112 Å². The molecular formula is C83H131ClN8O23. The summed E-state index contributed by atoms with van der Waals surface area (Å²) < 4.78 is 74.1. The van der Waals surface area contributed by atoms with E-state index in [2.05, 4.69) is 56.3 Å². The van der Waals surface area contributed by atoms with Crippen molar-refractivity contribution in [2.45, 2.75) is 169 Å². The fourth-order valence-electron chi connectivity index (χ4n) is 9.12. The molecule has 31 nitrogen and oxygen atoms in total. The summed E-state index contributed by atoms with van der Waals surface area (Å²) in [5.74, 6) is -1.80. The van der Waals surface area contributed by atoms with Crippen molar-refractivity contribution in [2.75, 3.05) is 159 Å². The van der Waals surface area contributed by atoms with E-state index in [4.69, 9.17) is 72.0 Å². The number of ether oxygens (including phenoxy) is 14. The molecule has 4 rings (SSSR count). The predicted octanol–water partition coefficient (Wildman–Crippen LogP) is 11.3. The van der Waals surface area contributed by atoms with Crippen LogP contribution in [-0.4, -0.2) is 246 Å². The van der Waals surface area contributed by atoms with Gasteiger partial charge >= 0.3 is 42.3 Å². The Kier molecular flexibility index (Phi) is 66.4. The largest absolute Gasteiger partial charge is 0.480 e. The number of carboxylic acids is 1. The maximum Gasteiger partial charge on any atom is 0.408 e. The van der Waals surface area contributed by atoms with Gasteiger partial charge in [-0.25, -0.2) is 34.0 Å². The molecule has 4 aromatic rings. The summed E-state index contributed by atoms with van der Waals surface area (Å²) in [4.78, 5) is 105. The van der Waals surface area contributed by atoms with E-state index in [0.717, 1.165) is 48.3 Å². The number of rotatable bonds is 57. The number of nitrogens with two attached hydrogens (primary N) is 1. The number of unbranched alkanes of at least 4 members (excludes halogenated alkanes) is 2. The summed E-state index contributed by atoms with van der Waals surface area (Å²) in [6.45, 7) is 24.3. The van der Waals surface area contributed by atoms with Crippen LogP contribution in [0.3, 0.4) is 0 Å². The minimum Gasteiger partial charge on any atom is -0.480 e. The summed E-state index contributed by atoms with van der Waals surface area (Å²) in [6.07, 6.45) is 2.61. The molecule has 0 unspecified atom stereocenters. The normalized spacial score (nSPS) is 11.3. The molecule has 0 radical (unpaired) electrons. The van der Waals surface area contributed by atoms with Crippen LogP contribution in [0.4, 0.5) is 19.2 Å². The number of hydrogen-bond acceptors (Lipinski definition) is 26. The number of aliphatic imine (C=N–C) groups is 2. The average molecular weight is 1640 g/mol. The monoisotopic (exact) mass is 1640 g/mol. The Morgan fingerprint density at radius 1 is 0.426 bits per heavy atom. The highest BCUT2D eigenvalue weighted by atomic mass is 35.5. The van der Waals surface area contributed by atoms with E-state index in [0.29, 0.717) is 157 Å². The van der Waals surface area contributed by atoms with Gasteiger partial charge in [-0.1, -0.05) is 121 Å². The molecule has 0 heterocycles. The Bertz CT molecular complexity index is 3170. The highest BCUT2D eigenvalue weighted by Gasteiger charge is 2.23. The zero-order chi connectivity index (χ0) is 83.8. The Morgan fingerprint density at radius 3 is 1.10 bits per heavy atom. The third kappa shape index (κ3) is 70.4. The second kappa shape index (κ2) is 71.8. The first-order valence-corrected chi connectivity index (χ1v) is 39.0. The number of esters is 2. The topological polar surface area (TPSA) is 388 Å². The molecule has 648 valence electrons. The number of alkyl carbamates (subject to hydrolysis) is 4. The number of carbonyl (C=O) groups excluding carboxylic acids is 7. The zero-order valence-corrected chi connectivity index (χ0v) is 69.9. The molecule has 0 aromatic heterocycles. The summed E-state index contributed by atoms with van der Waals surface area (Å²) in [6, 6.07) is 38.0. The molecule has 0 saturated carbocycles. The summed E-state index contributed by atoms with van der Waals surface area (Å²) in [7, 11) is 4.12. The Labute approximate surface area is 686 Å². The van der Waals surface area contributed by atoms with Gasteiger partial charge in [0.1, 0.15) is 43.7 Å². The number of benzene rings is 4. The first-order valence-electron chi connectivity index (χ1n) is 39.0. The number of ketones is 1. The second-order valence-corrected chi connectivity index (χ2v) is 27.4. The first kappa shape index (κ1) is 106. The van der Waals surface area contributed by atoms with E-state index in [9.17, 15) is 43.5 Å². The maximum atomic E-state index is 13.1. The number of aliphatic carboxylic acids is 1. The smallest absolute Gasteiger partial charge is 0.408 e. The number of nitrogens with one attached hydrogen (secondary N) is 4. The van der Waals surface area contributed by atoms with Gasteiger partial charge in [0.25, 0.3) is 0 Å². The lowest BCUT2D eigenvalue weighted by atomic mass is 10.0. The van der Waals surface area contributed by atoms with Gasteiger partial charge in [-0.3, -0.25) is 14.4 Å². The van der Waals surface area contributed by atoms with Crippen molar-refractivity contribution in [3.63, 3.8) is 0 Å². The molecule has 0 fully saturated rings. The van der Waals surface area contributed by atoms with Crippen LogP contribution in [0.15, 0.2) is 131 Å². The summed E-state index contributed by atoms with van der Waals surface area (Å²) >= 11 is 0. The number of carbonyl (C=O) groups is 8. The van der Waals surface area contributed by atoms with E-state index in [1.165, 1.54) is 0 Å².